The lowest BCUT2D eigenvalue weighted by molar-refractivity contribution is 0.271. The quantitative estimate of drug-likeness (QED) is 0.542. The van der Waals surface area contributed by atoms with Crippen LogP contribution in [0.3, 0.4) is 0 Å². The highest BCUT2D eigenvalue weighted by atomic mass is 16.5. The van der Waals surface area contributed by atoms with E-state index in [1.165, 1.54) is 5.56 Å². The summed E-state index contributed by atoms with van der Waals surface area (Å²) in [6, 6.07) is 3.84. The van der Waals surface area contributed by atoms with Crippen LogP contribution in [-0.2, 0) is 13.0 Å². The zero-order chi connectivity index (χ0) is 21.1. The second-order valence-corrected chi connectivity index (χ2v) is 7.49. The highest BCUT2D eigenvalue weighted by Crippen LogP contribution is 2.30. The standard InChI is InChI=1S/C21H27N7O2/c1-4-15(12-29)24-19-18-13(5-7-22-19)10-23-21(27-18)26-17-9-14-11-28(2)8-6-16(14)25-20(17)30-3/h5,7,9-10,15,29H,4,6,8,11-12H2,1-3H3,(H,22,24)(H,23,26,27)/t15-/m1/s1. The summed E-state index contributed by atoms with van der Waals surface area (Å²) in [5.74, 6) is 1.58. The van der Waals surface area contributed by atoms with Gasteiger partial charge in [0.2, 0.25) is 11.8 Å². The summed E-state index contributed by atoms with van der Waals surface area (Å²) in [7, 11) is 3.71. The topological polar surface area (TPSA) is 108 Å². The van der Waals surface area contributed by atoms with Gasteiger partial charge in [-0.1, -0.05) is 6.92 Å². The Morgan fingerprint density at radius 1 is 1.30 bits per heavy atom. The van der Waals surface area contributed by atoms with Crippen molar-refractivity contribution < 1.29 is 9.84 Å². The number of methoxy groups -OCH3 is 1. The molecular weight excluding hydrogens is 382 g/mol. The summed E-state index contributed by atoms with van der Waals surface area (Å²) in [6.07, 6.45) is 5.14. The molecule has 0 saturated carbocycles. The number of likely N-dealkylation sites (N-methyl/N-ethyl adjacent to an activating group) is 1. The number of pyridine rings is 2. The predicted molar refractivity (Wildman–Crippen MR) is 116 cm³/mol. The first-order valence-corrected chi connectivity index (χ1v) is 10.1. The number of aliphatic hydroxyl groups excluding tert-OH is 1. The first-order valence-electron chi connectivity index (χ1n) is 10.1. The summed E-state index contributed by atoms with van der Waals surface area (Å²) in [5.41, 5.74) is 3.66. The van der Waals surface area contributed by atoms with E-state index in [9.17, 15) is 5.11 Å². The molecule has 0 unspecified atom stereocenters. The third-order valence-corrected chi connectivity index (χ3v) is 5.32. The number of ether oxygens (including phenoxy) is 1. The third kappa shape index (κ3) is 4.12. The number of nitrogens with one attached hydrogen (secondary N) is 2. The Hall–Kier alpha value is -3.04. The van der Waals surface area contributed by atoms with Gasteiger partial charge in [-0.3, -0.25) is 0 Å². The lowest BCUT2D eigenvalue weighted by Crippen LogP contribution is -2.27. The maximum Gasteiger partial charge on any atom is 0.237 e. The fourth-order valence-corrected chi connectivity index (χ4v) is 3.55. The highest BCUT2D eigenvalue weighted by molar-refractivity contribution is 5.88. The number of anilines is 3. The molecule has 30 heavy (non-hydrogen) atoms. The van der Waals surface area contributed by atoms with E-state index in [0.717, 1.165) is 42.7 Å². The summed E-state index contributed by atoms with van der Waals surface area (Å²) < 4.78 is 5.51. The number of nitrogens with zero attached hydrogens (tertiary/aromatic N) is 5. The zero-order valence-electron chi connectivity index (χ0n) is 17.5. The molecule has 0 bridgehead atoms. The van der Waals surface area contributed by atoms with Crippen molar-refractivity contribution in [3.05, 3.63) is 35.8 Å². The fraction of sp³-hybridized carbons (Fsp3) is 0.429. The van der Waals surface area contributed by atoms with E-state index >= 15 is 0 Å². The Morgan fingerprint density at radius 2 is 2.17 bits per heavy atom. The van der Waals surface area contributed by atoms with Crippen molar-refractivity contribution in [2.45, 2.75) is 32.4 Å². The van der Waals surface area contributed by atoms with Gasteiger partial charge >= 0.3 is 0 Å². The van der Waals surface area contributed by atoms with E-state index in [0.29, 0.717) is 23.2 Å². The van der Waals surface area contributed by atoms with Crippen molar-refractivity contribution in [3.63, 3.8) is 0 Å². The van der Waals surface area contributed by atoms with Crippen molar-refractivity contribution in [2.24, 2.45) is 0 Å². The van der Waals surface area contributed by atoms with E-state index < -0.39 is 0 Å². The summed E-state index contributed by atoms with van der Waals surface area (Å²) in [6.45, 7) is 3.86. The Kier molecular flexibility index (Phi) is 5.91. The van der Waals surface area contributed by atoms with Crippen LogP contribution in [0, 0.1) is 0 Å². The molecule has 0 radical (unpaired) electrons. The lowest BCUT2D eigenvalue weighted by Gasteiger charge is -2.25. The average molecular weight is 409 g/mol. The second-order valence-electron chi connectivity index (χ2n) is 7.49. The Bertz CT molecular complexity index is 1040. The monoisotopic (exact) mass is 409 g/mol. The van der Waals surface area contributed by atoms with Crippen LogP contribution in [0.4, 0.5) is 17.5 Å². The van der Waals surface area contributed by atoms with Crippen LogP contribution in [0.1, 0.15) is 24.6 Å². The molecule has 0 fully saturated rings. The van der Waals surface area contributed by atoms with E-state index in [1.807, 2.05) is 13.0 Å². The van der Waals surface area contributed by atoms with Crippen molar-refractivity contribution in [3.8, 4) is 5.88 Å². The number of aromatic nitrogens is 4. The number of rotatable bonds is 7. The smallest absolute Gasteiger partial charge is 0.237 e. The molecule has 3 aromatic heterocycles. The first-order chi connectivity index (χ1) is 14.6. The van der Waals surface area contributed by atoms with E-state index in [1.54, 1.807) is 19.5 Å². The van der Waals surface area contributed by atoms with Crippen LogP contribution in [0.25, 0.3) is 10.9 Å². The van der Waals surface area contributed by atoms with Crippen LogP contribution >= 0.6 is 0 Å². The lowest BCUT2D eigenvalue weighted by atomic mass is 10.1. The second kappa shape index (κ2) is 8.76. The molecule has 1 aliphatic heterocycles. The van der Waals surface area contributed by atoms with Crippen LogP contribution in [0.2, 0.25) is 0 Å². The predicted octanol–water partition coefficient (Wildman–Crippen LogP) is 2.34. The van der Waals surface area contributed by atoms with Crippen LogP contribution in [-0.4, -0.2) is 63.3 Å². The number of aliphatic hydroxyl groups is 1. The minimum Gasteiger partial charge on any atom is -0.480 e. The van der Waals surface area contributed by atoms with Crippen molar-refractivity contribution in [1.29, 1.82) is 0 Å². The van der Waals surface area contributed by atoms with Gasteiger partial charge in [-0.25, -0.2) is 19.9 Å². The Labute approximate surface area is 175 Å². The van der Waals surface area contributed by atoms with Crippen molar-refractivity contribution in [1.82, 2.24) is 24.8 Å². The minimum absolute atomic E-state index is 0.0250. The van der Waals surface area contributed by atoms with Gasteiger partial charge in [0.05, 0.1) is 25.5 Å². The Balaban J connectivity index is 1.68. The first kappa shape index (κ1) is 20.2. The third-order valence-electron chi connectivity index (χ3n) is 5.32. The molecule has 4 rings (SSSR count). The molecule has 3 N–H and O–H groups in total. The van der Waals surface area contributed by atoms with Crippen LogP contribution < -0.4 is 15.4 Å². The maximum atomic E-state index is 9.52. The molecule has 1 aliphatic rings. The van der Waals surface area contributed by atoms with E-state index in [4.69, 9.17) is 4.74 Å². The van der Waals surface area contributed by atoms with Crippen molar-refractivity contribution in [2.75, 3.05) is 37.9 Å². The molecule has 4 heterocycles. The van der Waals surface area contributed by atoms with Gasteiger partial charge in [0.15, 0.2) is 5.82 Å². The van der Waals surface area contributed by atoms with Crippen LogP contribution in [0.15, 0.2) is 24.5 Å². The summed E-state index contributed by atoms with van der Waals surface area (Å²) in [5, 5.41) is 16.9. The summed E-state index contributed by atoms with van der Waals surface area (Å²) in [4.78, 5) is 20.5. The van der Waals surface area contributed by atoms with E-state index in [-0.39, 0.29) is 12.6 Å². The largest absolute Gasteiger partial charge is 0.480 e. The molecule has 0 aromatic carbocycles. The molecule has 0 saturated heterocycles. The normalized spacial score (nSPS) is 14.9. The van der Waals surface area contributed by atoms with Gasteiger partial charge in [-0.05, 0) is 31.2 Å². The summed E-state index contributed by atoms with van der Waals surface area (Å²) >= 11 is 0. The molecule has 0 aliphatic carbocycles. The molecule has 0 spiro atoms. The maximum absolute atomic E-state index is 9.52. The number of fused-ring (bicyclic) bond motifs is 2. The van der Waals surface area contributed by atoms with Gasteiger partial charge in [-0.2, -0.15) is 0 Å². The van der Waals surface area contributed by atoms with Gasteiger partial charge in [0, 0.05) is 37.3 Å². The van der Waals surface area contributed by atoms with E-state index in [2.05, 4.69) is 48.6 Å². The zero-order valence-corrected chi connectivity index (χ0v) is 17.5. The van der Waals surface area contributed by atoms with Gasteiger partial charge in [0.1, 0.15) is 11.2 Å². The molecule has 3 aromatic rings. The number of hydrogen-bond donors (Lipinski definition) is 3. The molecule has 0 amide bonds. The fourth-order valence-electron chi connectivity index (χ4n) is 3.55. The molecule has 158 valence electrons. The molecule has 9 nitrogen and oxygen atoms in total. The highest BCUT2D eigenvalue weighted by Gasteiger charge is 2.19. The number of hydrogen-bond acceptors (Lipinski definition) is 9. The van der Waals surface area contributed by atoms with Gasteiger partial charge in [0.25, 0.3) is 0 Å². The SMILES string of the molecule is CC[C@H](CO)Nc1nccc2cnc(Nc3cc4c(nc3OC)CCN(C)C4)nc12. The Morgan fingerprint density at radius 3 is 2.93 bits per heavy atom. The molecule has 1 atom stereocenters. The molecule has 9 heteroatoms. The van der Waals surface area contributed by atoms with Crippen molar-refractivity contribution >= 4 is 28.4 Å². The van der Waals surface area contributed by atoms with Crippen LogP contribution in [0.5, 0.6) is 5.88 Å². The minimum atomic E-state index is -0.0867. The average Bonchev–Trinajstić information content (AvgIpc) is 2.77. The van der Waals surface area contributed by atoms with Gasteiger partial charge < -0.3 is 25.4 Å². The van der Waals surface area contributed by atoms with Gasteiger partial charge in [-0.15, -0.1) is 0 Å². The molecular formula is C21H27N7O2.